The number of methoxy groups -OCH3 is 1. The molecule has 5 aromatic rings. The predicted molar refractivity (Wildman–Crippen MR) is 135 cm³/mol. The van der Waals surface area contributed by atoms with Crippen molar-refractivity contribution in [2.45, 2.75) is 26.3 Å². The van der Waals surface area contributed by atoms with Crippen LogP contribution >= 0.6 is 0 Å². The van der Waals surface area contributed by atoms with E-state index in [0.717, 1.165) is 16.8 Å². The Morgan fingerprint density at radius 2 is 2.00 bits per heavy atom. The molecular weight excluding hydrogens is 458 g/mol. The first-order valence-electron chi connectivity index (χ1n) is 11.5. The number of benzene rings is 2. The van der Waals surface area contributed by atoms with Crippen LogP contribution in [0.3, 0.4) is 0 Å². The third-order valence-electron chi connectivity index (χ3n) is 5.86. The lowest BCUT2D eigenvalue weighted by Crippen LogP contribution is -2.22. The van der Waals surface area contributed by atoms with E-state index in [1.165, 1.54) is 0 Å². The minimum absolute atomic E-state index is 0.0754. The Hall–Kier alpha value is -4.66. The molecule has 0 spiro atoms. The first kappa shape index (κ1) is 23.1. The topological polar surface area (TPSA) is 126 Å². The molecule has 0 aliphatic carbocycles. The number of aromatic nitrogens is 4. The Bertz CT molecular complexity index is 1550. The molecule has 0 atom stereocenters. The number of ether oxygens (including phenoxy) is 1. The molecule has 9 heteroatoms. The first-order chi connectivity index (χ1) is 17.4. The molecular formula is C27H25N5O4. The van der Waals surface area contributed by atoms with Gasteiger partial charge in [-0.05, 0) is 53.9 Å². The SMILES string of the molecule is COc1ncccc1-c1ccc(O)c(-c2nc3ccc(C(=O)NCc4cc(C(C)C)no4)cc3[nH]2)c1. The summed E-state index contributed by atoms with van der Waals surface area (Å²) in [5.41, 5.74) is 4.79. The summed E-state index contributed by atoms with van der Waals surface area (Å²) in [6, 6.07) is 16.0. The van der Waals surface area contributed by atoms with Crippen LogP contribution < -0.4 is 10.1 Å². The van der Waals surface area contributed by atoms with Crippen LogP contribution in [0.4, 0.5) is 0 Å². The average Bonchev–Trinajstić information content (AvgIpc) is 3.54. The summed E-state index contributed by atoms with van der Waals surface area (Å²) >= 11 is 0. The average molecular weight is 484 g/mol. The number of carbonyl (C=O) groups is 1. The quantitative estimate of drug-likeness (QED) is 0.296. The monoisotopic (exact) mass is 483 g/mol. The summed E-state index contributed by atoms with van der Waals surface area (Å²) in [4.78, 5) is 24.8. The second kappa shape index (κ2) is 9.53. The van der Waals surface area contributed by atoms with Crippen LogP contribution in [0.15, 0.2) is 65.3 Å². The highest BCUT2D eigenvalue weighted by Gasteiger charge is 2.16. The van der Waals surface area contributed by atoms with Gasteiger partial charge in [0.15, 0.2) is 5.76 Å². The number of aromatic amines is 1. The smallest absolute Gasteiger partial charge is 0.251 e. The zero-order valence-corrected chi connectivity index (χ0v) is 20.1. The van der Waals surface area contributed by atoms with E-state index >= 15 is 0 Å². The summed E-state index contributed by atoms with van der Waals surface area (Å²) in [5, 5.41) is 17.4. The maximum absolute atomic E-state index is 12.7. The van der Waals surface area contributed by atoms with Gasteiger partial charge < -0.3 is 24.7 Å². The van der Waals surface area contributed by atoms with Gasteiger partial charge in [-0.1, -0.05) is 25.1 Å². The second-order valence-corrected chi connectivity index (χ2v) is 8.66. The van der Waals surface area contributed by atoms with E-state index in [4.69, 9.17) is 9.26 Å². The summed E-state index contributed by atoms with van der Waals surface area (Å²) in [6.45, 7) is 4.29. The number of pyridine rings is 1. The van der Waals surface area contributed by atoms with Gasteiger partial charge in [0.05, 0.1) is 35.9 Å². The van der Waals surface area contributed by atoms with Crippen LogP contribution in [-0.2, 0) is 6.54 Å². The molecule has 1 amide bonds. The highest BCUT2D eigenvalue weighted by molar-refractivity contribution is 5.97. The number of nitrogens with one attached hydrogen (secondary N) is 2. The van der Waals surface area contributed by atoms with Gasteiger partial charge in [0.1, 0.15) is 11.6 Å². The van der Waals surface area contributed by atoms with Crippen molar-refractivity contribution in [2.24, 2.45) is 0 Å². The minimum Gasteiger partial charge on any atom is -0.507 e. The number of hydrogen-bond acceptors (Lipinski definition) is 7. The van der Waals surface area contributed by atoms with Gasteiger partial charge in [0.25, 0.3) is 5.91 Å². The zero-order valence-electron chi connectivity index (χ0n) is 20.1. The van der Waals surface area contributed by atoms with Crippen molar-refractivity contribution in [1.82, 2.24) is 25.4 Å². The summed E-state index contributed by atoms with van der Waals surface area (Å²) in [7, 11) is 1.56. The fourth-order valence-electron chi connectivity index (χ4n) is 3.90. The molecule has 182 valence electrons. The van der Waals surface area contributed by atoms with Gasteiger partial charge in [0, 0.05) is 23.4 Å². The highest BCUT2D eigenvalue weighted by atomic mass is 16.5. The number of phenols is 1. The van der Waals surface area contributed by atoms with Crippen molar-refractivity contribution in [3.05, 3.63) is 77.8 Å². The molecule has 3 N–H and O–H groups in total. The number of rotatable bonds is 7. The Kier molecular flexibility index (Phi) is 6.12. The molecule has 3 aromatic heterocycles. The molecule has 0 bridgehead atoms. The van der Waals surface area contributed by atoms with E-state index in [1.807, 2.05) is 38.1 Å². The van der Waals surface area contributed by atoms with Crippen molar-refractivity contribution < 1.29 is 19.2 Å². The zero-order chi connectivity index (χ0) is 25.2. The number of H-pyrrole nitrogens is 1. The highest BCUT2D eigenvalue weighted by Crippen LogP contribution is 2.35. The molecule has 0 fully saturated rings. The lowest BCUT2D eigenvalue weighted by molar-refractivity contribution is 0.0947. The number of imidazole rings is 1. The van der Waals surface area contributed by atoms with Gasteiger partial charge in [-0.2, -0.15) is 0 Å². The molecule has 0 saturated carbocycles. The fourth-order valence-corrected chi connectivity index (χ4v) is 3.90. The van der Waals surface area contributed by atoms with E-state index < -0.39 is 0 Å². The number of phenolic OH excluding ortho intramolecular Hbond substituents is 1. The number of nitrogens with zero attached hydrogens (tertiary/aromatic N) is 3. The van der Waals surface area contributed by atoms with E-state index in [9.17, 15) is 9.90 Å². The standard InChI is InChI=1S/C27H25N5O4/c1-15(2)22-13-18(36-32-22)14-29-26(34)17-6-8-21-23(12-17)31-25(30-21)20-11-16(7-9-24(20)33)19-5-4-10-28-27(19)35-3/h4-13,15,33H,14H2,1-3H3,(H,29,34)(H,30,31). The third kappa shape index (κ3) is 4.50. The molecule has 0 saturated heterocycles. The maximum Gasteiger partial charge on any atom is 0.251 e. The van der Waals surface area contributed by atoms with Gasteiger partial charge in [-0.15, -0.1) is 0 Å². The number of aromatic hydroxyl groups is 1. The van der Waals surface area contributed by atoms with Crippen LogP contribution in [-0.4, -0.2) is 38.2 Å². The minimum atomic E-state index is -0.246. The lowest BCUT2D eigenvalue weighted by Gasteiger charge is -2.09. The van der Waals surface area contributed by atoms with Crippen molar-refractivity contribution in [1.29, 1.82) is 0 Å². The van der Waals surface area contributed by atoms with Crippen molar-refractivity contribution >= 4 is 16.9 Å². The van der Waals surface area contributed by atoms with E-state index in [1.54, 1.807) is 43.6 Å². The summed E-state index contributed by atoms with van der Waals surface area (Å²) < 4.78 is 10.7. The van der Waals surface area contributed by atoms with Crippen LogP contribution in [0.25, 0.3) is 33.5 Å². The molecule has 36 heavy (non-hydrogen) atoms. The van der Waals surface area contributed by atoms with Crippen molar-refractivity contribution in [3.8, 4) is 34.1 Å². The molecule has 2 aromatic carbocycles. The summed E-state index contributed by atoms with van der Waals surface area (Å²) in [6.07, 6.45) is 1.66. The number of fused-ring (bicyclic) bond motifs is 1. The fraction of sp³-hybridized carbons (Fsp3) is 0.185. The Morgan fingerprint density at radius 1 is 1.14 bits per heavy atom. The van der Waals surface area contributed by atoms with Crippen LogP contribution in [0.5, 0.6) is 11.6 Å². The van der Waals surface area contributed by atoms with Crippen molar-refractivity contribution in [3.63, 3.8) is 0 Å². The first-order valence-corrected chi connectivity index (χ1v) is 11.5. The molecule has 0 radical (unpaired) electrons. The lowest BCUT2D eigenvalue weighted by atomic mass is 10.0. The number of carbonyl (C=O) groups excluding carboxylic acids is 1. The van der Waals surface area contributed by atoms with Crippen LogP contribution in [0.1, 0.15) is 41.6 Å². The second-order valence-electron chi connectivity index (χ2n) is 8.66. The molecule has 0 aliphatic heterocycles. The van der Waals surface area contributed by atoms with Crippen molar-refractivity contribution in [2.75, 3.05) is 7.11 Å². The van der Waals surface area contributed by atoms with Gasteiger partial charge in [-0.25, -0.2) is 9.97 Å². The van der Waals surface area contributed by atoms with Crippen LogP contribution in [0.2, 0.25) is 0 Å². The van der Waals surface area contributed by atoms with Gasteiger partial charge in [0.2, 0.25) is 5.88 Å². The largest absolute Gasteiger partial charge is 0.507 e. The molecule has 0 unspecified atom stereocenters. The maximum atomic E-state index is 12.7. The van der Waals surface area contributed by atoms with Crippen LogP contribution in [0, 0.1) is 0 Å². The normalized spacial score (nSPS) is 11.2. The molecule has 5 rings (SSSR count). The predicted octanol–water partition coefficient (Wildman–Crippen LogP) is 5.05. The number of hydrogen-bond donors (Lipinski definition) is 3. The Balaban J connectivity index is 1.40. The van der Waals surface area contributed by atoms with Gasteiger partial charge in [-0.3, -0.25) is 4.79 Å². The van der Waals surface area contributed by atoms with E-state index in [2.05, 4.69) is 25.4 Å². The number of amides is 1. The molecule has 0 aliphatic rings. The van der Waals surface area contributed by atoms with E-state index in [0.29, 0.717) is 39.6 Å². The summed E-state index contributed by atoms with van der Waals surface area (Å²) in [5.74, 6) is 1.64. The molecule has 9 nitrogen and oxygen atoms in total. The third-order valence-corrected chi connectivity index (χ3v) is 5.86. The van der Waals surface area contributed by atoms with Gasteiger partial charge >= 0.3 is 0 Å². The molecule has 3 heterocycles. The Morgan fingerprint density at radius 3 is 2.78 bits per heavy atom. The Labute approximate surface area is 207 Å². The van der Waals surface area contributed by atoms with E-state index in [-0.39, 0.29) is 24.1 Å².